The number of thiophene rings is 1. The Bertz CT molecular complexity index is 437. The fourth-order valence-electron chi connectivity index (χ4n) is 2.18. The van der Waals surface area contributed by atoms with Gasteiger partial charge in [0.2, 0.25) is 0 Å². The number of hydrogen-bond donors (Lipinski definition) is 2. The first kappa shape index (κ1) is 13.6. The van der Waals surface area contributed by atoms with Crippen LogP contribution in [0.15, 0.2) is 5.38 Å². The quantitative estimate of drug-likeness (QED) is 0.880. The van der Waals surface area contributed by atoms with Crippen molar-refractivity contribution in [2.45, 2.75) is 51.6 Å². The van der Waals surface area contributed by atoms with Crippen LogP contribution in [0.3, 0.4) is 0 Å². The van der Waals surface area contributed by atoms with Crippen LogP contribution in [0.25, 0.3) is 0 Å². The highest BCUT2D eigenvalue weighted by molar-refractivity contribution is 7.10. The molecule has 1 heterocycles. The largest absolute Gasteiger partial charge is 0.388 e. The van der Waals surface area contributed by atoms with Gasteiger partial charge in [0.15, 0.2) is 0 Å². The molecular formula is C14H21NO2S. The van der Waals surface area contributed by atoms with Crippen molar-refractivity contribution in [2.75, 3.05) is 6.54 Å². The van der Waals surface area contributed by atoms with Gasteiger partial charge in [-0.3, -0.25) is 4.79 Å². The van der Waals surface area contributed by atoms with Crippen molar-refractivity contribution in [3.8, 4) is 0 Å². The van der Waals surface area contributed by atoms with Crippen LogP contribution >= 0.6 is 11.3 Å². The highest BCUT2D eigenvalue weighted by Gasteiger charge is 2.23. The van der Waals surface area contributed by atoms with Gasteiger partial charge in [0.1, 0.15) is 0 Å². The summed E-state index contributed by atoms with van der Waals surface area (Å²) in [6.45, 7) is 3.97. The van der Waals surface area contributed by atoms with Gasteiger partial charge >= 0.3 is 0 Å². The standard InChI is InChI=1S/C14H21NO2S/c1-3-14(2,17)9-15-13(16)11-8-18-12-7-5-4-6-10(11)12/h8,17H,3-7,9H2,1-2H3,(H,15,16). The Balaban J connectivity index is 2.03. The summed E-state index contributed by atoms with van der Waals surface area (Å²) in [6.07, 6.45) is 5.18. The molecule has 1 aliphatic rings. The van der Waals surface area contributed by atoms with E-state index in [0.29, 0.717) is 13.0 Å². The summed E-state index contributed by atoms with van der Waals surface area (Å²) >= 11 is 1.70. The smallest absolute Gasteiger partial charge is 0.252 e. The average molecular weight is 267 g/mol. The van der Waals surface area contributed by atoms with E-state index in [1.165, 1.54) is 23.3 Å². The van der Waals surface area contributed by atoms with E-state index in [0.717, 1.165) is 18.4 Å². The monoisotopic (exact) mass is 267 g/mol. The van der Waals surface area contributed by atoms with Crippen LogP contribution < -0.4 is 5.32 Å². The molecule has 18 heavy (non-hydrogen) atoms. The zero-order chi connectivity index (χ0) is 13.2. The summed E-state index contributed by atoms with van der Waals surface area (Å²) in [4.78, 5) is 13.5. The Labute approximate surface area is 112 Å². The number of hydrogen-bond acceptors (Lipinski definition) is 3. The molecule has 1 aromatic heterocycles. The first-order valence-corrected chi connectivity index (χ1v) is 7.51. The zero-order valence-corrected chi connectivity index (χ0v) is 11.9. The second-order valence-corrected chi connectivity index (χ2v) is 6.26. The second kappa shape index (κ2) is 5.41. The van der Waals surface area contributed by atoms with Gasteiger partial charge in [0, 0.05) is 16.8 Å². The van der Waals surface area contributed by atoms with E-state index in [-0.39, 0.29) is 5.91 Å². The minimum atomic E-state index is -0.814. The van der Waals surface area contributed by atoms with Gasteiger partial charge in [-0.1, -0.05) is 6.92 Å². The predicted octanol–water partition coefficient (Wildman–Crippen LogP) is 2.52. The maximum absolute atomic E-state index is 12.1. The van der Waals surface area contributed by atoms with Crippen LogP contribution in [0.4, 0.5) is 0 Å². The van der Waals surface area contributed by atoms with Gasteiger partial charge < -0.3 is 10.4 Å². The number of amides is 1. The minimum Gasteiger partial charge on any atom is -0.388 e. The normalized spacial score (nSPS) is 17.9. The third-order valence-electron chi connectivity index (χ3n) is 3.70. The lowest BCUT2D eigenvalue weighted by atomic mass is 9.95. The van der Waals surface area contributed by atoms with E-state index in [1.807, 2.05) is 12.3 Å². The van der Waals surface area contributed by atoms with E-state index in [9.17, 15) is 9.90 Å². The van der Waals surface area contributed by atoms with E-state index >= 15 is 0 Å². The molecule has 0 saturated carbocycles. The van der Waals surface area contributed by atoms with Crippen LogP contribution in [-0.4, -0.2) is 23.2 Å². The molecule has 0 saturated heterocycles. The minimum absolute atomic E-state index is 0.0388. The van der Waals surface area contributed by atoms with E-state index in [1.54, 1.807) is 18.3 Å². The molecule has 1 aromatic rings. The van der Waals surface area contributed by atoms with Crippen molar-refractivity contribution >= 4 is 17.2 Å². The number of carbonyl (C=O) groups excluding carboxylic acids is 1. The summed E-state index contributed by atoms with van der Waals surface area (Å²) < 4.78 is 0. The molecule has 0 aliphatic heterocycles. The van der Waals surface area contributed by atoms with Crippen molar-refractivity contribution < 1.29 is 9.90 Å². The summed E-state index contributed by atoms with van der Waals surface area (Å²) in [6, 6.07) is 0. The third kappa shape index (κ3) is 2.93. The molecule has 0 bridgehead atoms. The molecule has 100 valence electrons. The topological polar surface area (TPSA) is 49.3 Å². The highest BCUT2D eigenvalue weighted by atomic mass is 32.1. The molecule has 0 spiro atoms. The van der Waals surface area contributed by atoms with Crippen LogP contribution in [-0.2, 0) is 12.8 Å². The number of aliphatic hydroxyl groups is 1. The van der Waals surface area contributed by atoms with Crippen molar-refractivity contribution in [3.63, 3.8) is 0 Å². The van der Waals surface area contributed by atoms with E-state index < -0.39 is 5.60 Å². The number of rotatable bonds is 4. The van der Waals surface area contributed by atoms with E-state index in [2.05, 4.69) is 5.32 Å². The first-order chi connectivity index (χ1) is 8.53. The molecule has 1 atom stereocenters. The van der Waals surface area contributed by atoms with Crippen molar-refractivity contribution in [2.24, 2.45) is 0 Å². The van der Waals surface area contributed by atoms with Crippen LogP contribution in [0.5, 0.6) is 0 Å². The Morgan fingerprint density at radius 1 is 1.50 bits per heavy atom. The van der Waals surface area contributed by atoms with Crippen molar-refractivity contribution in [1.29, 1.82) is 0 Å². The molecular weight excluding hydrogens is 246 g/mol. The third-order valence-corrected chi connectivity index (χ3v) is 4.79. The highest BCUT2D eigenvalue weighted by Crippen LogP contribution is 2.30. The lowest BCUT2D eigenvalue weighted by molar-refractivity contribution is 0.0518. The second-order valence-electron chi connectivity index (χ2n) is 5.29. The summed E-state index contributed by atoms with van der Waals surface area (Å²) in [5, 5.41) is 14.7. The molecule has 0 fully saturated rings. The fourth-order valence-corrected chi connectivity index (χ4v) is 3.30. The molecule has 4 heteroatoms. The Kier molecular flexibility index (Phi) is 4.07. The van der Waals surface area contributed by atoms with Gasteiger partial charge in [-0.2, -0.15) is 0 Å². The van der Waals surface area contributed by atoms with Gasteiger partial charge in [-0.05, 0) is 44.6 Å². The molecule has 2 rings (SSSR count). The van der Waals surface area contributed by atoms with Gasteiger partial charge in [0.25, 0.3) is 5.91 Å². The Hall–Kier alpha value is -0.870. The predicted molar refractivity (Wildman–Crippen MR) is 74.2 cm³/mol. The summed E-state index contributed by atoms with van der Waals surface area (Å²) in [5.41, 5.74) is 1.24. The summed E-state index contributed by atoms with van der Waals surface area (Å²) in [5.74, 6) is -0.0388. The molecule has 0 radical (unpaired) electrons. The van der Waals surface area contributed by atoms with Crippen LogP contribution in [0.2, 0.25) is 0 Å². The molecule has 0 aromatic carbocycles. The van der Waals surface area contributed by atoms with Gasteiger partial charge in [-0.25, -0.2) is 0 Å². The Morgan fingerprint density at radius 2 is 2.22 bits per heavy atom. The number of nitrogens with one attached hydrogen (secondary N) is 1. The molecule has 1 amide bonds. The molecule has 1 aliphatic carbocycles. The average Bonchev–Trinajstić information content (AvgIpc) is 2.80. The first-order valence-electron chi connectivity index (χ1n) is 6.63. The number of carbonyl (C=O) groups is 1. The Morgan fingerprint density at radius 3 is 2.94 bits per heavy atom. The van der Waals surface area contributed by atoms with Gasteiger partial charge in [-0.15, -0.1) is 11.3 Å². The maximum atomic E-state index is 12.1. The van der Waals surface area contributed by atoms with Crippen molar-refractivity contribution in [3.05, 3.63) is 21.4 Å². The molecule has 3 nitrogen and oxygen atoms in total. The van der Waals surface area contributed by atoms with Gasteiger partial charge in [0.05, 0.1) is 11.2 Å². The molecule has 1 unspecified atom stereocenters. The zero-order valence-electron chi connectivity index (χ0n) is 11.1. The maximum Gasteiger partial charge on any atom is 0.252 e. The number of aryl methyl sites for hydroxylation is 1. The SMILES string of the molecule is CCC(C)(O)CNC(=O)c1csc2c1CCCC2. The number of fused-ring (bicyclic) bond motifs is 1. The van der Waals surface area contributed by atoms with Crippen LogP contribution in [0, 0.1) is 0 Å². The molecule has 2 N–H and O–H groups in total. The lowest BCUT2D eigenvalue weighted by Crippen LogP contribution is -2.40. The van der Waals surface area contributed by atoms with Crippen LogP contribution in [0.1, 0.15) is 53.9 Å². The fraction of sp³-hybridized carbons (Fsp3) is 0.643. The lowest BCUT2D eigenvalue weighted by Gasteiger charge is -2.21. The summed E-state index contributed by atoms with van der Waals surface area (Å²) in [7, 11) is 0. The van der Waals surface area contributed by atoms with E-state index in [4.69, 9.17) is 0 Å². The van der Waals surface area contributed by atoms with Crippen molar-refractivity contribution in [1.82, 2.24) is 5.32 Å².